The molecule has 0 saturated carbocycles. The van der Waals surface area contributed by atoms with E-state index in [1.165, 1.54) is 0 Å². The van der Waals surface area contributed by atoms with Crippen LogP contribution in [-0.4, -0.2) is 33.0 Å². The van der Waals surface area contributed by atoms with Gasteiger partial charge < -0.3 is 9.84 Å². The summed E-state index contributed by atoms with van der Waals surface area (Å²) in [5, 5.41) is 13.2. The molecule has 0 aliphatic rings. The molecule has 0 aliphatic carbocycles. The number of carboxylic acids is 1. The van der Waals surface area contributed by atoms with Crippen molar-refractivity contribution in [3.05, 3.63) is 41.5 Å². The van der Waals surface area contributed by atoms with Crippen molar-refractivity contribution in [2.45, 2.75) is 32.8 Å². The molecule has 0 spiro atoms. The second kappa shape index (κ2) is 5.65. The van der Waals surface area contributed by atoms with Gasteiger partial charge in [-0.15, -0.1) is 5.10 Å². The minimum absolute atomic E-state index is 0.197. The Balaban J connectivity index is 2.56. The molecule has 6 nitrogen and oxygen atoms in total. The molecule has 0 aliphatic heterocycles. The summed E-state index contributed by atoms with van der Waals surface area (Å²) in [5.74, 6) is -0.723. The number of carboxylic acid groups (broad SMARTS) is 1. The number of nitrogens with zero attached hydrogens (tertiary/aromatic N) is 3. The number of methoxy groups -OCH3 is 1. The van der Waals surface area contributed by atoms with Crippen LogP contribution in [0, 0.1) is 0 Å². The molecular formula is C15H19N3O3. The van der Waals surface area contributed by atoms with Gasteiger partial charge >= 0.3 is 5.97 Å². The zero-order chi connectivity index (χ0) is 15.6. The number of benzene rings is 1. The number of hydrogen-bond donors (Lipinski definition) is 1. The molecule has 0 amide bonds. The van der Waals surface area contributed by atoms with E-state index in [-0.39, 0.29) is 11.2 Å². The number of aromatic carboxylic acids is 1. The Bertz CT molecular complexity index is 656. The monoisotopic (exact) mass is 289 g/mol. The third-order valence-electron chi connectivity index (χ3n) is 2.94. The van der Waals surface area contributed by atoms with Gasteiger partial charge in [-0.2, -0.15) is 0 Å². The molecule has 0 unspecified atom stereocenters. The van der Waals surface area contributed by atoms with Gasteiger partial charge in [0, 0.05) is 12.5 Å². The molecule has 1 aromatic heterocycles. The molecular weight excluding hydrogens is 270 g/mol. The van der Waals surface area contributed by atoms with Gasteiger partial charge in [-0.25, -0.2) is 14.5 Å². The maximum absolute atomic E-state index is 11.1. The average Bonchev–Trinajstić information content (AvgIpc) is 2.84. The van der Waals surface area contributed by atoms with Crippen molar-refractivity contribution >= 4 is 5.97 Å². The SMILES string of the molecule is COCc1cccc(-n2nc(C(=O)O)nc2C(C)(C)C)c1. The number of hydrogen-bond acceptors (Lipinski definition) is 4. The van der Waals surface area contributed by atoms with Crippen molar-refractivity contribution < 1.29 is 14.6 Å². The van der Waals surface area contributed by atoms with Gasteiger partial charge in [0.05, 0.1) is 12.3 Å². The first-order valence-corrected chi connectivity index (χ1v) is 6.62. The van der Waals surface area contributed by atoms with Gasteiger partial charge in [0.25, 0.3) is 5.82 Å². The smallest absolute Gasteiger partial charge is 0.375 e. The molecule has 0 fully saturated rings. The van der Waals surface area contributed by atoms with Crippen LogP contribution < -0.4 is 0 Å². The van der Waals surface area contributed by atoms with Crippen molar-refractivity contribution in [2.75, 3.05) is 7.11 Å². The standard InChI is InChI=1S/C15H19N3O3/c1-15(2,3)14-16-12(13(19)20)17-18(14)11-7-5-6-10(8-11)9-21-4/h5-8H,9H2,1-4H3,(H,19,20). The maximum atomic E-state index is 11.1. The van der Waals surface area contributed by atoms with Crippen molar-refractivity contribution in [3.63, 3.8) is 0 Å². The van der Waals surface area contributed by atoms with E-state index in [9.17, 15) is 4.79 Å². The maximum Gasteiger partial charge on any atom is 0.375 e. The van der Waals surface area contributed by atoms with E-state index < -0.39 is 5.97 Å². The highest BCUT2D eigenvalue weighted by atomic mass is 16.5. The summed E-state index contributed by atoms with van der Waals surface area (Å²) < 4.78 is 6.71. The van der Waals surface area contributed by atoms with Crippen LogP contribution in [0.3, 0.4) is 0 Å². The Morgan fingerprint density at radius 1 is 1.38 bits per heavy atom. The number of aromatic nitrogens is 3. The van der Waals surface area contributed by atoms with E-state index in [2.05, 4.69) is 10.1 Å². The Morgan fingerprint density at radius 3 is 2.67 bits per heavy atom. The molecule has 2 rings (SSSR count). The van der Waals surface area contributed by atoms with Crippen LogP contribution in [-0.2, 0) is 16.8 Å². The first-order chi connectivity index (χ1) is 9.82. The summed E-state index contributed by atoms with van der Waals surface area (Å²) in [5.41, 5.74) is 1.44. The van der Waals surface area contributed by atoms with E-state index >= 15 is 0 Å². The van der Waals surface area contributed by atoms with E-state index in [1.807, 2.05) is 45.0 Å². The van der Waals surface area contributed by atoms with Gasteiger partial charge in [0.2, 0.25) is 0 Å². The molecule has 1 aromatic carbocycles. The average molecular weight is 289 g/mol. The van der Waals surface area contributed by atoms with Gasteiger partial charge in [0.15, 0.2) is 0 Å². The fourth-order valence-electron chi connectivity index (χ4n) is 2.01. The fraction of sp³-hybridized carbons (Fsp3) is 0.400. The Morgan fingerprint density at radius 2 is 2.10 bits per heavy atom. The van der Waals surface area contributed by atoms with Gasteiger partial charge in [-0.3, -0.25) is 0 Å². The van der Waals surface area contributed by atoms with E-state index in [4.69, 9.17) is 9.84 Å². The fourth-order valence-corrected chi connectivity index (χ4v) is 2.01. The highest BCUT2D eigenvalue weighted by Crippen LogP contribution is 2.24. The van der Waals surface area contributed by atoms with Crippen LogP contribution >= 0.6 is 0 Å². The van der Waals surface area contributed by atoms with E-state index in [1.54, 1.807) is 11.8 Å². The van der Waals surface area contributed by atoms with Gasteiger partial charge in [-0.05, 0) is 17.7 Å². The predicted octanol–water partition coefficient (Wildman–Crippen LogP) is 2.41. The van der Waals surface area contributed by atoms with E-state index in [0.717, 1.165) is 11.3 Å². The number of rotatable bonds is 4. The van der Waals surface area contributed by atoms with Crippen LogP contribution in [0.25, 0.3) is 5.69 Å². The number of ether oxygens (including phenoxy) is 1. The van der Waals surface area contributed by atoms with E-state index in [0.29, 0.717) is 12.4 Å². The molecule has 2 aromatic rings. The summed E-state index contributed by atoms with van der Waals surface area (Å²) in [6.07, 6.45) is 0. The largest absolute Gasteiger partial charge is 0.475 e. The highest BCUT2D eigenvalue weighted by molar-refractivity contribution is 5.83. The minimum Gasteiger partial charge on any atom is -0.475 e. The zero-order valence-electron chi connectivity index (χ0n) is 12.6. The van der Waals surface area contributed by atoms with Crippen molar-refractivity contribution in [3.8, 4) is 5.69 Å². The van der Waals surface area contributed by atoms with Gasteiger partial charge in [0.1, 0.15) is 5.82 Å². The van der Waals surface area contributed by atoms with Crippen LogP contribution in [0.5, 0.6) is 0 Å². The Kier molecular flexibility index (Phi) is 4.09. The lowest BCUT2D eigenvalue weighted by molar-refractivity contribution is 0.0683. The first kappa shape index (κ1) is 15.2. The van der Waals surface area contributed by atoms with Crippen molar-refractivity contribution in [2.24, 2.45) is 0 Å². The van der Waals surface area contributed by atoms with Crippen LogP contribution in [0.4, 0.5) is 0 Å². The topological polar surface area (TPSA) is 77.2 Å². The molecule has 21 heavy (non-hydrogen) atoms. The molecule has 0 bridgehead atoms. The molecule has 1 heterocycles. The highest BCUT2D eigenvalue weighted by Gasteiger charge is 2.26. The Hall–Kier alpha value is -2.21. The predicted molar refractivity (Wildman–Crippen MR) is 77.7 cm³/mol. The third kappa shape index (κ3) is 3.28. The number of carbonyl (C=O) groups is 1. The summed E-state index contributed by atoms with van der Waals surface area (Å²) in [4.78, 5) is 15.3. The molecule has 0 saturated heterocycles. The second-order valence-electron chi connectivity index (χ2n) is 5.83. The molecule has 0 radical (unpaired) electrons. The summed E-state index contributed by atoms with van der Waals surface area (Å²) in [6.45, 7) is 6.40. The zero-order valence-corrected chi connectivity index (χ0v) is 12.6. The molecule has 6 heteroatoms. The summed E-state index contributed by atoms with van der Waals surface area (Å²) >= 11 is 0. The normalized spacial score (nSPS) is 11.6. The minimum atomic E-state index is -1.13. The lowest BCUT2D eigenvalue weighted by atomic mass is 9.95. The molecule has 1 N–H and O–H groups in total. The van der Waals surface area contributed by atoms with Gasteiger partial charge in [-0.1, -0.05) is 32.9 Å². The molecule has 112 valence electrons. The second-order valence-corrected chi connectivity index (χ2v) is 5.83. The quantitative estimate of drug-likeness (QED) is 0.935. The molecule has 0 atom stereocenters. The van der Waals surface area contributed by atoms with Crippen molar-refractivity contribution in [1.29, 1.82) is 0 Å². The van der Waals surface area contributed by atoms with Crippen LogP contribution in [0.15, 0.2) is 24.3 Å². The van der Waals surface area contributed by atoms with Crippen LogP contribution in [0.1, 0.15) is 42.8 Å². The summed E-state index contributed by atoms with van der Waals surface area (Å²) in [6, 6.07) is 7.62. The third-order valence-corrected chi connectivity index (χ3v) is 2.94. The lowest BCUT2D eigenvalue weighted by Crippen LogP contribution is -2.19. The summed E-state index contributed by atoms with van der Waals surface area (Å²) in [7, 11) is 1.63. The van der Waals surface area contributed by atoms with Crippen molar-refractivity contribution in [1.82, 2.24) is 14.8 Å². The van der Waals surface area contributed by atoms with Crippen LogP contribution in [0.2, 0.25) is 0 Å². The Labute approximate surface area is 123 Å². The first-order valence-electron chi connectivity index (χ1n) is 6.62. The lowest BCUT2D eigenvalue weighted by Gasteiger charge is -2.18.